The van der Waals surface area contributed by atoms with Gasteiger partial charge in [-0.05, 0) is 32.1 Å². The van der Waals surface area contributed by atoms with Crippen molar-refractivity contribution in [1.82, 2.24) is 4.90 Å². The molecule has 0 aromatic heterocycles. The Kier molecular flexibility index (Phi) is 8.63. The Morgan fingerprint density at radius 2 is 2.14 bits per heavy atom. The van der Waals surface area contributed by atoms with E-state index in [4.69, 9.17) is 0 Å². The van der Waals surface area contributed by atoms with Crippen LogP contribution in [0.2, 0.25) is 0 Å². The first kappa shape index (κ1) is 17.6. The van der Waals surface area contributed by atoms with Crippen LogP contribution in [0.15, 0.2) is 0 Å². The summed E-state index contributed by atoms with van der Waals surface area (Å²) in [6, 6.07) is -0.0957. The summed E-state index contributed by atoms with van der Waals surface area (Å²) in [7, 11) is 0. The fourth-order valence-corrected chi connectivity index (χ4v) is 2.22. The molecule has 1 aliphatic rings. The van der Waals surface area contributed by atoms with Gasteiger partial charge in [0, 0.05) is 12.8 Å². The Labute approximate surface area is 129 Å². The molecule has 1 aliphatic heterocycles. The molecule has 0 spiro atoms. The minimum atomic E-state index is -0.596. The summed E-state index contributed by atoms with van der Waals surface area (Å²) in [4.78, 5) is 14.0. The summed E-state index contributed by atoms with van der Waals surface area (Å²) in [5.74, 6) is 12.3. The van der Waals surface area contributed by atoms with Crippen LogP contribution < -0.4 is 0 Å². The molecular weight excluding hydrogens is 262 g/mol. The summed E-state index contributed by atoms with van der Waals surface area (Å²) >= 11 is 0. The van der Waals surface area contributed by atoms with E-state index in [0.717, 1.165) is 38.5 Å². The fraction of sp³-hybridized carbons (Fsp3) is 0.722. The normalized spacial score (nSPS) is 19.9. The maximum Gasteiger partial charge on any atom is 0.224 e. The van der Waals surface area contributed by atoms with Gasteiger partial charge in [0.15, 0.2) is 0 Å². The largest absolute Gasteiger partial charge is 0.380 e. The monoisotopic (exact) mass is 289 g/mol. The molecule has 0 aromatic rings. The van der Waals surface area contributed by atoms with Crippen LogP contribution in [-0.4, -0.2) is 34.6 Å². The molecule has 0 aromatic carbocycles. The second-order valence-corrected chi connectivity index (χ2v) is 5.45. The van der Waals surface area contributed by atoms with E-state index in [9.17, 15) is 9.90 Å². The van der Waals surface area contributed by atoms with Crippen molar-refractivity contribution in [2.75, 3.05) is 6.54 Å². The molecule has 1 saturated heterocycles. The van der Waals surface area contributed by atoms with Gasteiger partial charge in [0.05, 0.1) is 12.6 Å². The molecule has 3 heteroatoms. The number of aliphatic hydroxyl groups is 1. The van der Waals surface area contributed by atoms with E-state index in [2.05, 4.69) is 30.6 Å². The van der Waals surface area contributed by atoms with Crippen molar-refractivity contribution < 1.29 is 9.90 Å². The summed E-state index contributed by atoms with van der Waals surface area (Å²) < 4.78 is 0. The average molecular weight is 289 g/mol. The minimum Gasteiger partial charge on any atom is -0.380 e. The van der Waals surface area contributed by atoms with Crippen molar-refractivity contribution in [1.29, 1.82) is 0 Å². The Morgan fingerprint density at radius 3 is 2.86 bits per heavy atom. The SMILES string of the molecule is CCCCC#CCN1C(=O)CCCC[C@@H]1C#CC(O)CC. The van der Waals surface area contributed by atoms with Gasteiger partial charge in [0.25, 0.3) is 0 Å². The van der Waals surface area contributed by atoms with Gasteiger partial charge >= 0.3 is 0 Å². The van der Waals surface area contributed by atoms with E-state index in [-0.39, 0.29) is 11.9 Å². The van der Waals surface area contributed by atoms with E-state index in [1.807, 2.05) is 6.92 Å². The topological polar surface area (TPSA) is 40.5 Å². The van der Waals surface area contributed by atoms with Gasteiger partial charge < -0.3 is 10.0 Å². The second-order valence-electron chi connectivity index (χ2n) is 5.45. The summed E-state index contributed by atoms with van der Waals surface area (Å²) in [6.07, 6.45) is 6.55. The van der Waals surface area contributed by atoms with Crippen LogP contribution in [0.25, 0.3) is 0 Å². The maximum atomic E-state index is 12.2. The molecule has 116 valence electrons. The van der Waals surface area contributed by atoms with Crippen LogP contribution in [0.3, 0.4) is 0 Å². The summed E-state index contributed by atoms with van der Waals surface area (Å²) in [6.45, 7) is 4.50. The molecular formula is C18H27NO2. The number of unbranched alkanes of at least 4 members (excludes halogenated alkanes) is 2. The first-order valence-corrected chi connectivity index (χ1v) is 8.13. The molecule has 1 N–H and O–H groups in total. The lowest BCUT2D eigenvalue weighted by atomic mass is 10.1. The van der Waals surface area contributed by atoms with Crippen LogP contribution in [0, 0.1) is 23.7 Å². The van der Waals surface area contributed by atoms with Crippen LogP contribution >= 0.6 is 0 Å². The molecule has 0 aliphatic carbocycles. The van der Waals surface area contributed by atoms with E-state index in [0.29, 0.717) is 19.4 Å². The number of aliphatic hydroxyl groups excluding tert-OH is 1. The van der Waals surface area contributed by atoms with Crippen molar-refractivity contribution in [3.05, 3.63) is 0 Å². The first-order chi connectivity index (χ1) is 10.2. The van der Waals surface area contributed by atoms with E-state index >= 15 is 0 Å². The van der Waals surface area contributed by atoms with Gasteiger partial charge in [-0.2, -0.15) is 0 Å². The lowest BCUT2D eigenvalue weighted by molar-refractivity contribution is -0.131. The van der Waals surface area contributed by atoms with Gasteiger partial charge in [0.2, 0.25) is 5.91 Å². The van der Waals surface area contributed by atoms with E-state index in [1.54, 1.807) is 4.90 Å². The van der Waals surface area contributed by atoms with Gasteiger partial charge in [-0.1, -0.05) is 38.0 Å². The number of carbonyl (C=O) groups is 1. The predicted molar refractivity (Wildman–Crippen MR) is 85.3 cm³/mol. The summed E-state index contributed by atoms with van der Waals surface area (Å²) in [5.41, 5.74) is 0. The van der Waals surface area contributed by atoms with E-state index < -0.39 is 6.10 Å². The molecule has 2 atom stereocenters. The number of hydrogen-bond acceptors (Lipinski definition) is 2. The second kappa shape index (κ2) is 10.3. The molecule has 3 nitrogen and oxygen atoms in total. The molecule has 1 amide bonds. The van der Waals surface area contributed by atoms with Crippen LogP contribution in [0.5, 0.6) is 0 Å². The Balaban J connectivity index is 2.71. The summed E-state index contributed by atoms with van der Waals surface area (Å²) in [5, 5.41) is 9.58. The van der Waals surface area contributed by atoms with Crippen LogP contribution in [-0.2, 0) is 4.79 Å². The first-order valence-electron chi connectivity index (χ1n) is 8.13. The fourth-order valence-electron chi connectivity index (χ4n) is 2.22. The number of hydrogen-bond donors (Lipinski definition) is 1. The Morgan fingerprint density at radius 1 is 1.33 bits per heavy atom. The third-order valence-corrected chi connectivity index (χ3v) is 3.65. The zero-order valence-corrected chi connectivity index (χ0v) is 13.3. The standard InChI is InChI=1S/C18H27NO2/c1-3-5-6-7-10-15-19-16(13-14-17(20)4-2)11-8-9-12-18(19)21/h16-17,20H,3-6,8-9,11-12,15H2,1-2H3/t16-,17?/m1/s1. The molecule has 0 bridgehead atoms. The van der Waals surface area contributed by atoms with Crippen molar-refractivity contribution in [2.24, 2.45) is 0 Å². The predicted octanol–water partition coefficient (Wildman–Crippen LogP) is 2.73. The van der Waals surface area contributed by atoms with Crippen LogP contribution in [0.4, 0.5) is 0 Å². The Bertz CT molecular complexity index is 436. The average Bonchev–Trinajstić information content (AvgIpc) is 2.66. The number of rotatable bonds is 4. The Hall–Kier alpha value is -1.45. The zero-order valence-electron chi connectivity index (χ0n) is 13.3. The quantitative estimate of drug-likeness (QED) is 0.638. The van der Waals surface area contributed by atoms with E-state index in [1.165, 1.54) is 0 Å². The number of amides is 1. The van der Waals surface area contributed by atoms with Crippen molar-refractivity contribution in [3.63, 3.8) is 0 Å². The van der Waals surface area contributed by atoms with Gasteiger partial charge in [0.1, 0.15) is 6.10 Å². The van der Waals surface area contributed by atoms with Gasteiger partial charge in [-0.25, -0.2) is 0 Å². The molecule has 0 radical (unpaired) electrons. The number of likely N-dealkylation sites (tertiary alicyclic amines) is 1. The highest BCUT2D eigenvalue weighted by Crippen LogP contribution is 2.17. The highest BCUT2D eigenvalue weighted by Gasteiger charge is 2.24. The van der Waals surface area contributed by atoms with Gasteiger partial charge in [-0.15, -0.1) is 5.92 Å². The van der Waals surface area contributed by atoms with Gasteiger partial charge in [-0.3, -0.25) is 4.79 Å². The van der Waals surface area contributed by atoms with Crippen molar-refractivity contribution in [3.8, 4) is 23.7 Å². The maximum absolute atomic E-state index is 12.2. The lowest BCUT2D eigenvalue weighted by Crippen LogP contribution is -2.38. The van der Waals surface area contributed by atoms with Crippen molar-refractivity contribution in [2.45, 2.75) is 77.4 Å². The number of nitrogens with zero attached hydrogens (tertiary/aromatic N) is 1. The van der Waals surface area contributed by atoms with Crippen molar-refractivity contribution >= 4 is 5.91 Å². The lowest BCUT2D eigenvalue weighted by Gasteiger charge is -2.24. The zero-order chi connectivity index (χ0) is 15.5. The number of carbonyl (C=O) groups excluding carboxylic acids is 1. The minimum absolute atomic E-state index is 0.0957. The smallest absolute Gasteiger partial charge is 0.224 e. The van der Waals surface area contributed by atoms with Crippen LogP contribution in [0.1, 0.15) is 65.2 Å². The molecule has 1 unspecified atom stereocenters. The highest BCUT2D eigenvalue weighted by atomic mass is 16.3. The third kappa shape index (κ3) is 6.69. The molecule has 1 heterocycles. The molecule has 1 fully saturated rings. The third-order valence-electron chi connectivity index (χ3n) is 3.65. The molecule has 1 rings (SSSR count). The highest BCUT2D eigenvalue weighted by molar-refractivity contribution is 5.77. The molecule has 21 heavy (non-hydrogen) atoms. The molecule has 0 saturated carbocycles.